The number of anilines is 1. The summed E-state index contributed by atoms with van der Waals surface area (Å²) in [5.41, 5.74) is 5.42. The zero-order valence-corrected chi connectivity index (χ0v) is 10.9. The Morgan fingerprint density at radius 2 is 2.11 bits per heavy atom. The monoisotopic (exact) mass is 274 g/mol. The number of phenolic OH excluding ortho intramolecular Hbond substituents is 1. The topological polar surface area (TPSA) is 113 Å². The van der Waals surface area contributed by atoms with E-state index < -0.39 is 16.1 Å². The van der Waals surface area contributed by atoms with Crippen LogP contribution in [-0.2, 0) is 10.0 Å². The fraction of sp³-hybridized carbons (Fsp3) is 0.455. The summed E-state index contributed by atoms with van der Waals surface area (Å²) in [5, 5.41) is 18.7. The number of benzene rings is 1. The van der Waals surface area contributed by atoms with Crippen LogP contribution in [0.15, 0.2) is 23.1 Å². The third-order valence-corrected chi connectivity index (χ3v) is 3.86. The number of hydrogen-bond acceptors (Lipinski definition) is 5. The number of nitrogens with two attached hydrogens (primary N) is 1. The quantitative estimate of drug-likeness (QED) is 0.443. The SMILES string of the molecule is CCCC(O)CNS(=O)(=O)c1ccc(O)c(N)c1. The molecule has 0 aromatic heterocycles. The highest BCUT2D eigenvalue weighted by Crippen LogP contribution is 2.22. The van der Waals surface area contributed by atoms with Crippen LogP contribution < -0.4 is 10.5 Å². The van der Waals surface area contributed by atoms with Gasteiger partial charge in [-0.2, -0.15) is 0 Å². The molecule has 0 saturated heterocycles. The van der Waals surface area contributed by atoms with Gasteiger partial charge < -0.3 is 15.9 Å². The molecule has 0 fully saturated rings. The number of nitrogens with one attached hydrogen (secondary N) is 1. The molecule has 18 heavy (non-hydrogen) atoms. The molecular weight excluding hydrogens is 256 g/mol. The molecule has 7 heteroatoms. The number of sulfonamides is 1. The molecular formula is C11H18N2O4S. The van der Waals surface area contributed by atoms with Crippen LogP contribution >= 0.6 is 0 Å². The molecule has 5 N–H and O–H groups in total. The van der Waals surface area contributed by atoms with Gasteiger partial charge in [0, 0.05) is 6.54 Å². The van der Waals surface area contributed by atoms with Gasteiger partial charge in [-0.25, -0.2) is 13.1 Å². The fourth-order valence-electron chi connectivity index (χ4n) is 1.42. The second-order valence-corrected chi connectivity index (χ2v) is 5.78. The molecule has 0 aliphatic carbocycles. The van der Waals surface area contributed by atoms with Crippen molar-refractivity contribution in [2.24, 2.45) is 0 Å². The Bertz CT molecular complexity index is 502. The lowest BCUT2D eigenvalue weighted by Gasteiger charge is -2.11. The minimum atomic E-state index is -3.71. The Morgan fingerprint density at radius 3 is 2.67 bits per heavy atom. The Balaban J connectivity index is 2.77. The molecule has 1 aromatic rings. The lowest BCUT2D eigenvalue weighted by molar-refractivity contribution is 0.167. The second kappa shape index (κ2) is 6.03. The molecule has 0 radical (unpaired) electrons. The molecule has 1 rings (SSSR count). The van der Waals surface area contributed by atoms with Crippen molar-refractivity contribution in [2.75, 3.05) is 12.3 Å². The van der Waals surface area contributed by atoms with Crippen LogP contribution in [0.25, 0.3) is 0 Å². The number of aromatic hydroxyl groups is 1. The van der Waals surface area contributed by atoms with E-state index in [1.165, 1.54) is 18.2 Å². The normalized spacial score (nSPS) is 13.4. The van der Waals surface area contributed by atoms with E-state index >= 15 is 0 Å². The van der Waals surface area contributed by atoms with Crippen LogP contribution in [0, 0.1) is 0 Å². The number of aliphatic hydroxyl groups excluding tert-OH is 1. The smallest absolute Gasteiger partial charge is 0.240 e. The van der Waals surface area contributed by atoms with Crippen molar-refractivity contribution >= 4 is 15.7 Å². The molecule has 1 atom stereocenters. The van der Waals surface area contributed by atoms with E-state index in [-0.39, 0.29) is 22.9 Å². The first-order chi connectivity index (χ1) is 8.36. The van der Waals surface area contributed by atoms with Crippen LogP contribution in [0.5, 0.6) is 5.75 Å². The number of rotatable bonds is 6. The molecule has 0 aliphatic rings. The zero-order valence-electron chi connectivity index (χ0n) is 10.1. The van der Waals surface area contributed by atoms with E-state index in [4.69, 9.17) is 5.73 Å². The Morgan fingerprint density at radius 1 is 1.44 bits per heavy atom. The van der Waals surface area contributed by atoms with Gasteiger partial charge in [-0.15, -0.1) is 0 Å². The Labute approximate surface area is 106 Å². The van der Waals surface area contributed by atoms with E-state index in [1.54, 1.807) is 0 Å². The van der Waals surface area contributed by atoms with E-state index in [1.807, 2.05) is 6.92 Å². The van der Waals surface area contributed by atoms with Gasteiger partial charge >= 0.3 is 0 Å². The van der Waals surface area contributed by atoms with Gasteiger partial charge in [-0.1, -0.05) is 13.3 Å². The first-order valence-electron chi connectivity index (χ1n) is 5.63. The Hall–Kier alpha value is -1.31. The first kappa shape index (κ1) is 14.7. The van der Waals surface area contributed by atoms with E-state index in [2.05, 4.69) is 4.72 Å². The summed E-state index contributed by atoms with van der Waals surface area (Å²) in [6.45, 7) is 1.86. The van der Waals surface area contributed by atoms with Gasteiger partial charge in [-0.05, 0) is 24.6 Å². The van der Waals surface area contributed by atoms with Crippen LogP contribution in [0.1, 0.15) is 19.8 Å². The first-order valence-corrected chi connectivity index (χ1v) is 7.11. The van der Waals surface area contributed by atoms with Crippen molar-refractivity contribution in [3.8, 4) is 5.75 Å². The largest absolute Gasteiger partial charge is 0.506 e. The highest BCUT2D eigenvalue weighted by Gasteiger charge is 2.16. The lowest BCUT2D eigenvalue weighted by atomic mass is 10.2. The van der Waals surface area contributed by atoms with E-state index in [0.717, 1.165) is 6.42 Å². The van der Waals surface area contributed by atoms with Crippen LogP contribution in [0.4, 0.5) is 5.69 Å². The molecule has 1 aromatic carbocycles. The van der Waals surface area contributed by atoms with Crippen LogP contribution in [-0.4, -0.2) is 31.3 Å². The minimum absolute atomic E-state index is 0.00742. The number of nitrogen functional groups attached to an aromatic ring is 1. The maximum atomic E-state index is 11.8. The fourth-order valence-corrected chi connectivity index (χ4v) is 2.53. The Kier molecular flexibility index (Phi) is 4.94. The van der Waals surface area contributed by atoms with Crippen molar-refractivity contribution in [3.63, 3.8) is 0 Å². The molecule has 0 amide bonds. The zero-order chi connectivity index (χ0) is 13.8. The maximum absolute atomic E-state index is 11.8. The van der Waals surface area contributed by atoms with Gasteiger partial charge in [0.1, 0.15) is 5.75 Å². The molecule has 6 nitrogen and oxygen atoms in total. The second-order valence-electron chi connectivity index (χ2n) is 4.02. The third-order valence-electron chi connectivity index (χ3n) is 2.44. The van der Waals surface area contributed by atoms with Gasteiger partial charge in [0.15, 0.2) is 0 Å². The molecule has 1 unspecified atom stereocenters. The highest BCUT2D eigenvalue weighted by molar-refractivity contribution is 7.89. The molecule has 102 valence electrons. The molecule has 0 saturated carbocycles. The summed E-state index contributed by atoms with van der Waals surface area (Å²) < 4.78 is 26.0. The van der Waals surface area contributed by atoms with Crippen LogP contribution in [0.3, 0.4) is 0 Å². The summed E-state index contributed by atoms with van der Waals surface area (Å²) in [6.07, 6.45) is 0.592. The molecule has 0 aliphatic heterocycles. The number of phenols is 1. The predicted molar refractivity (Wildman–Crippen MR) is 68.6 cm³/mol. The predicted octanol–water partition coefficient (Wildman–Crippen LogP) is 0.414. The van der Waals surface area contributed by atoms with Gasteiger partial charge in [0.25, 0.3) is 0 Å². The summed E-state index contributed by atoms with van der Waals surface area (Å²) in [6, 6.07) is 3.64. The molecule has 0 spiro atoms. The lowest BCUT2D eigenvalue weighted by Crippen LogP contribution is -2.32. The number of aliphatic hydroxyl groups is 1. The molecule has 0 bridgehead atoms. The van der Waals surface area contributed by atoms with Crippen LogP contribution in [0.2, 0.25) is 0 Å². The van der Waals surface area contributed by atoms with Gasteiger partial charge in [0.05, 0.1) is 16.7 Å². The van der Waals surface area contributed by atoms with Crippen molar-refractivity contribution in [1.29, 1.82) is 0 Å². The maximum Gasteiger partial charge on any atom is 0.240 e. The van der Waals surface area contributed by atoms with E-state index in [9.17, 15) is 18.6 Å². The van der Waals surface area contributed by atoms with Crippen molar-refractivity contribution in [1.82, 2.24) is 4.72 Å². The van der Waals surface area contributed by atoms with Crippen molar-refractivity contribution < 1.29 is 18.6 Å². The highest BCUT2D eigenvalue weighted by atomic mass is 32.2. The van der Waals surface area contributed by atoms with E-state index in [0.29, 0.717) is 6.42 Å². The van der Waals surface area contributed by atoms with Gasteiger partial charge in [0.2, 0.25) is 10.0 Å². The average Bonchev–Trinajstić information content (AvgIpc) is 2.30. The third kappa shape index (κ3) is 3.86. The standard InChI is InChI=1S/C11H18N2O4S/c1-2-3-8(14)7-13-18(16,17)9-4-5-11(15)10(12)6-9/h4-6,8,13-15H,2-3,7,12H2,1H3. The minimum Gasteiger partial charge on any atom is -0.506 e. The summed E-state index contributed by atoms with van der Waals surface area (Å²) in [4.78, 5) is -0.0403. The average molecular weight is 274 g/mol. The number of hydrogen-bond donors (Lipinski definition) is 4. The summed E-state index contributed by atoms with van der Waals surface area (Å²) in [7, 11) is -3.71. The van der Waals surface area contributed by atoms with Crippen molar-refractivity contribution in [2.45, 2.75) is 30.8 Å². The summed E-state index contributed by atoms with van der Waals surface area (Å²) >= 11 is 0. The van der Waals surface area contributed by atoms with Crippen molar-refractivity contribution in [3.05, 3.63) is 18.2 Å². The summed E-state index contributed by atoms with van der Waals surface area (Å²) in [5.74, 6) is -0.167. The van der Waals surface area contributed by atoms with Gasteiger partial charge in [-0.3, -0.25) is 0 Å². The molecule has 0 heterocycles.